The fraction of sp³-hybridized carbons (Fsp3) is 0.308. The van der Waals surface area contributed by atoms with Gasteiger partial charge in [-0.25, -0.2) is 4.79 Å². The Balaban J connectivity index is 2.91. The Hall–Kier alpha value is -1.48. The van der Waals surface area contributed by atoms with Crippen molar-refractivity contribution in [1.82, 2.24) is 0 Å². The molecular formula is C13H15ClO3. The second-order valence-electron chi connectivity index (χ2n) is 3.44. The molecule has 0 aliphatic carbocycles. The van der Waals surface area contributed by atoms with Crippen molar-refractivity contribution in [2.75, 3.05) is 13.7 Å². The molecule has 0 N–H and O–H groups in total. The van der Waals surface area contributed by atoms with Crippen LogP contribution in [0.1, 0.15) is 19.4 Å². The van der Waals surface area contributed by atoms with Gasteiger partial charge in [0.25, 0.3) is 0 Å². The van der Waals surface area contributed by atoms with Gasteiger partial charge in [0.05, 0.1) is 18.7 Å². The van der Waals surface area contributed by atoms with E-state index in [1.54, 1.807) is 39.2 Å². The fourth-order valence-electron chi connectivity index (χ4n) is 1.33. The first-order chi connectivity index (χ1) is 8.08. The van der Waals surface area contributed by atoms with E-state index < -0.39 is 0 Å². The van der Waals surface area contributed by atoms with Crippen molar-refractivity contribution in [3.63, 3.8) is 0 Å². The molecule has 3 nitrogen and oxygen atoms in total. The van der Waals surface area contributed by atoms with E-state index in [1.165, 1.54) is 0 Å². The van der Waals surface area contributed by atoms with Gasteiger partial charge < -0.3 is 9.47 Å². The predicted molar refractivity (Wildman–Crippen MR) is 68.3 cm³/mol. The molecule has 0 aliphatic rings. The van der Waals surface area contributed by atoms with Crippen molar-refractivity contribution in [2.45, 2.75) is 13.8 Å². The summed E-state index contributed by atoms with van der Waals surface area (Å²) in [6, 6.07) is 5.32. The number of hydrogen-bond donors (Lipinski definition) is 0. The number of hydrogen-bond acceptors (Lipinski definition) is 3. The molecule has 0 aromatic heterocycles. The van der Waals surface area contributed by atoms with Crippen molar-refractivity contribution in [2.24, 2.45) is 0 Å². The number of methoxy groups -OCH3 is 1. The molecule has 0 saturated carbocycles. The van der Waals surface area contributed by atoms with Crippen molar-refractivity contribution >= 4 is 23.6 Å². The van der Waals surface area contributed by atoms with Gasteiger partial charge in [-0.1, -0.05) is 17.7 Å². The second kappa shape index (κ2) is 6.30. The lowest BCUT2D eigenvalue weighted by atomic mass is 10.1. The van der Waals surface area contributed by atoms with Gasteiger partial charge in [-0.3, -0.25) is 0 Å². The van der Waals surface area contributed by atoms with Crippen LogP contribution in [0.25, 0.3) is 6.08 Å². The molecule has 1 aromatic rings. The van der Waals surface area contributed by atoms with Gasteiger partial charge in [0, 0.05) is 5.57 Å². The maximum absolute atomic E-state index is 11.4. The molecule has 0 amide bonds. The summed E-state index contributed by atoms with van der Waals surface area (Å²) in [5.41, 5.74) is 1.37. The molecule has 1 aromatic carbocycles. The molecule has 0 fully saturated rings. The summed E-state index contributed by atoms with van der Waals surface area (Å²) < 4.78 is 9.93. The van der Waals surface area contributed by atoms with Gasteiger partial charge in [0.2, 0.25) is 0 Å². The Morgan fingerprint density at radius 2 is 2.18 bits per heavy atom. The van der Waals surface area contributed by atoms with Crippen molar-refractivity contribution in [1.29, 1.82) is 0 Å². The van der Waals surface area contributed by atoms with E-state index in [4.69, 9.17) is 21.1 Å². The van der Waals surface area contributed by atoms with Crippen molar-refractivity contribution in [3.05, 3.63) is 34.4 Å². The van der Waals surface area contributed by atoms with E-state index in [1.807, 2.05) is 6.07 Å². The third-order valence-electron chi connectivity index (χ3n) is 2.16. The quantitative estimate of drug-likeness (QED) is 0.611. The standard InChI is InChI=1S/C13H15ClO3/c1-4-17-13(15)9(2)7-10-5-6-12(16-3)11(14)8-10/h5-8H,4H2,1-3H3/b9-7+. The summed E-state index contributed by atoms with van der Waals surface area (Å²) in [4.78, 5) is 11.4. The molecule has 0 atom stereocenters. The summed E-state index contributed by atoms with van der Waals surface area (Å²) in [7, 11) is 1.56. The zero-order chi connectivity index (χ0) is 12.8. The van der Waals surface area contributed by atoms with Crippen LogP contribution in [0.3, 0.4) is 0 Å². The Labute approximate surface area is 106 Å². The van der Waals surface area contributed by atoms with Gasteiger partial charge in [-0.15, -0.1) is 0 Å². The molecule has 92 valence electrons. The first-order valence-electron chi connectivity index (χ1n) is 5.27. The first kappa shape index (κ1) is 13.6. The first-order valence-corrected chi connectivity index (χ1v) is 5.65. The summed E-state index contributed by atoms with van der Waals surface area (Å²) in [6.07, 6.45) is 1.73. The van der Waals surface area contributed by atoms with Crippen LogP contribution in [0, 0.1) is 0 Å². The SMILES string of the molecule is CCOC(=O)/C(C)=C/c1ccc(OC)c(Cl)c1. The maximum Gasteiger partial charge on any atom is 0.333 e. The molecule has 0 unspecified atom stereocenters. The Morgan fingerprint density at radius 1 is 1.47 bits per heavy atom. The van der Waals surface area contributed by atoms with Gasteiger partial charge in [-0.2, -0.15) is 0 Å². The third kappa shape index (κ3) is 3.79. The lowest BCUT2D eigenvalue weighted by molar-refractivity contribution is -0.138. The van der Waals surface area contributed by atoms with E-state index >= 15 is 0 Å². The highest BCUT2D eigenvalue weighted by atomic mass is 35.5. The van der Waals surface area contributed by atoms with Crippen LogP contribution in [0.4, 0.5) is 0 Å². The van der Waals surface area contributed by atoms with Crippen LogP contribution in [-0.4, -0.2) is 19.7 Å². The minimum absolute atomic E-state index is 0.320. The molecule has 0 spiro atoms. The molecule has 4 heteroatoms. The Kier molecular flexibility index (Phi) is 5.04. The highest BCUT2D eigenvalue weighted by molar-refractivity contribution is 6.32. The van der Waals surface area contributed by atoms with Gasteiger partial charge in [0.1, 0.15) is 5.75 Å². The van der Waals surface area contributed by atoms with Crippen LogP contribution in [0.2, 0.25) is 5.02 Å². The minimum Gasteiger partial charge on any atom is -0.495 e. The van der Waals surface area contributed by atoms with Crippen LogP contribution >= 0.6 is 11.6 Å². The minimum atomic E-state index is -0.320. The van der Waals surface area contributed by atoms with Crippen LogP contribution in [0.15, 0.2) is 23.8 Å². The predicted octanol–water partition coefficient (Wildman–Crippen LogP) is 3.32. The molecule has 0 aliphatic heterocycles. The molecule has 0 saturated heterocycles. The average Bonchev–Trinajstić information content (AvgIpc) is 2.29. The van der Waals surface area contributed by atoms with E-state index in [9.17, 15) is 4.79 Å². The van der Waals surface area contributed by atoms with Crippen LogP contribution in [-0.2, 0) is 9.53 Å². The highest BCUT2D eigenvalue weighted by Gasteiger charge is 2.05. The number of esters is 1. The summed E-state index contributed by atoms with van der Waals surface area (Å²) in [5, 5.41) is 0.512. The zero-order valence-electron chi connectivity index (χ0n) is 10.1. The van der Waals surface area contributed by atoms with E-state index in [-0.39, 0.29) is 5.97 Å². The largest absolute Gasteiger partial charge is 0.495 e. The topological polar surface area (TPSA) is 35.5 Å². The molecular weight excluding hydrogens is 240 g/mol. The summed E-state index contributed by atoms with van der Waals surface area (Å²) >= 11 is 5.98. The fourth-order valence-corrected chi connectivity index (χ4v) is 1.59. The Morgan fingerprint density at radius 3 is 2.71 bits per heavy atom. The van der Waals surface area contributed by atoms with Gasteiger partial charge in [0.15, 0.2) is 0 Å². The van der Waals surface area contributed by atoms with Gasteiger partial charge in [-0.05, 0) is 37.6 Å². The summed E-state index contributed by atoms with van der Waals surface area (Å²) in [6.45, 7) is 3.85. The molecule has 0 bridgehead atoms. The second-order valence-corrected chi connectivity index (χ2v) is 3.85. The lowest BCUT2D eigenvalue weighted by Gasteiger charge is -2.04. The number of carbonyl (C=O) groups excluding carboxylic acids is 1. The van der Waals surface area contributed by atoms with Crippen molar-refractivity contribution in [3.8, 4) is 5.75 Å². The number of benzene rings is 1. The highest BCUT2D eigenvalue weighted by Crippen LogP contribution is 2.25. The smallest absolute Gasteiger partial charge is 0.333 e. The van der Waals surface area contributed by atoms with Crippen molar-refractivity contribution < 1.29 is 14.3 Å². The number of ether oxygens (including phenoxy) is 2. The Bertz CT molecular complexity index is 438. The zero-order valence-corrected chi connectivity index (χ0v) is 10.9. The number of carbonyl (C=O) groups is 1. The monoisotopic (exact) mass is 254 g/mol. The average molecular weight is 255 g/mol. The molecule has 0 heterocycles. The van der Waals surface area contributed by atoms with E-state index in [0.29, 0.717) is 23.0 Å². The molecule has 1 rings (SSSR count). The molecule has 17 heavy (non-hydrogen) atoms. The number of halogens is 1. The lowest BCUT2D eigenvalue weighted by Crippen LogP contribution is -2.04. The summed E-state index contributed by atoms with van der Waals surface area (Å²) in [5.74, 6) is 0.289. The van der Waals surface area contributed by atoms with E-state index in [2.05, 4.69) is 0 Å². The number of rotatable bonds is 4. The normalized spacial score (nSPS) is 11.2. The van der Waals surface area contributed by atoms with Crippen LogP contribution in [0.5, 0.6) is 5.75 Å². The maximum atomic E-state index is 11.4. The third-order valence-corrected chi connectivity index (χ3v) is 2.45. The van der Waals surface area contributed by atoms with E-state index in [0.717, 1.165) is 5.56 Å². The van der Waals surface area contributed by atoms with Gasteiger partial charge >= 0.3 is 5.97 Å². The molecule has 0 radical (unpaired) electrons. The van der Waals surface area contributed by atoms with Crippen LogP contribution < -0.4 is 4.74 Å².